The van der Waals surface area contributed by atoms with E-state index >= 15 is 0 Å². The first kappa shape index (κ1) is 25.5. The molecule has 1 amide bonds. The van der Waals surface area contributed by atoms with Crippen LogP contribution in [-0.4, -0.2) is 48.9 Å². The zero-order chi connectivity index (χ0) is 25.3. The number of likely N-dealkylation sites (N-methyl/N-ethyl adjacent to an activating group) is 1. The first-order chi connectivity index (χ1) is 17.6. The van der Waals surface area contributed by atoms with Gasteiger partial charge in [-0.25, -0.2) is 0 Å². The highest BCUT2D eigenvalue weighted by Gasteiger charge is 2.32. The summed E-state index contributed by atoms with van der Waals surface area (Å²) in [5.41, 5.74) is 6.14. The maximum atomic E-state index is 13.6. The second kappa shape index (κ2) is 12.4. The van der Waals surface area contributed by atoms with Gasteiger partial charge in [0.25, 0.3) is 5.91 Å². The average Bonchev–Trinajstić information content (AvgIpc) is 3.11. The second-order valence-electron chi connectivity index (χ2n) is 8.95. The van der Waals surface area contributed by atoms with Gasteiger partial charge in [0.1, 0.15) is 18.4 Å². The fourth-order valence-corrected chi connectivity index (χ4v) is 4.70. The molecule has 0 saturated heterocycles. The van der Waals surface area contributed by atoms with Crippen molar-refractivity contribution in [3.05, 3.63) is 95.6 Å². The SMILES string of the molecule is CCN(CC)CCOc1ccccc1C(=O)NN1c2ccccc2CCCC1C(=O)c1ccccc1. The van der Waals surface area contributed by atoms with Crippen molar-refractivity contribution in [1.29, 1.82) is 0 Å². The number of anilines is 1. The predicted octanol–water partition coefficient (Wildman–Crippen LogP) is 5.15. The lowest BCUT2D eigenvalue weighted by molar-refractivity contribution is 0.0909. The van der Waals surface area contributed by atoms with Gasteiger partial charge in [-0.2, -0.15) is 0 Å². The lowest BCUT2D eigenvalue weighted by Crippen LogP contribution is -2.52. The number of ether oxygens (including phenoxy) is 1. The number of nitrogens with zero attached hydrogens (tertiary/aromatic N) is 2. The van der Waals surface area contributed by atoms with Gasteiger partial charge in [-0.15, -0.1) is 0 Å². The number of ketones is 1. The Morgan fingerprint density at radius 2 is 1.64 bits per heavy atom. The summed E-state index contributed by atoms with van der Waals surface area (Å²) < 4.78 is 6.03. The molecule has 0 fully saturated rings. The van der Waals surface area contributed by atoms with Crippen molar-refractivity contribution in [2.24, 2.45) is 0 Å². The van der Waals surface area contributed by atoms with Crippen molar-refractivity contribution >= 4 is 17.4 Å². The summed E-state index contributed by atoms with van der Waals surface area (Å²) in [6, 6.07) is 24.0. The minimum Gasteiger partial charge on any atom is -0.491 e. The van der Waals surface area contributed by atoms with Gasteiger partial charge in [-0.05, 0) is 56.1 Å². The van der Waals surface area contributed by atoms with Crippen LogP contribution in [-0.2, 0) is 6.42 Å². The highest BCUT2D eigenvalue weighted by molar-refractivity contribution is 6.04. The molecule has 0 bridgehead atoms. The van der Waals surface area contributed by atoms with E-state index in [1.807, 2.05) is 66.7 Å². The maximum absolute atomic E-state index is 13.6. The van der Waals surface area contributed by atoms with Crippen LogP contribution < -0.4 is 15.2 Å². The molecule has 3 aromatic rings. The van der Waals surface area contributed by atoms with Gasteiger partial charge in [0.15, 0.2) is 5.78 Å². The molecule has 6 heteroatoms. The molecule has 3 aromatic carbocycles. The van der Waals surface area contributed by atoms with Crippen molar-refractivity contribution < 1.29 is 14.3 Å². The quantitative estimate of drug-likeness (QED) is 0.403. The number of aryl methyl sites for hydroxylation is 1. The minimum absolute atomic E-state index is 0.00337. The van der Waals surface area contributed by atoms with Crippen LogP contribution >= 0.6 is 0 Å². The molecule has 0 radical (unpaired) electrons. The fourth-order valence-electron chi connectivity index (χ4n) is 4.70. The number of carbonyl (C=O) groups is 2. The number of hydrogen-bond acceptors (Lipinski definition) is 5. The molecule has 1 heterocycles. The number of nitrogens with one attached hydrogen (secondary N) is 1. The fraction of sp³-hybridized carbons (Fsp3) is 0.333. The molecule has 0 aliphatic carbocycles. The normalized spacial score (nSPS) is 15.2. The standard InChI is InChI=1S/C30H35N3O3/c1-3-32(4-2)21-22-36-28-20-11-9-17-25(28)30(35)31-33-26-18-10-8-13-23(26)16-12-19-27(33)29(34)24-14-6-5-7-15-24/h5-11,13-15,17-18,20,27H,3-4,12,16,19,21-22H2,1-2H3,(H,31,35). The van der Waals surface area contributed by atoms with Crippen LogP contribution in [0.25, 0.3) is 0 Å². The van der Waals surface area contributed by atoms with E-state index in [9.17, 15) is 9.59 Å². The monoisotopic (exact) mass is 485 g/mol. The van der Waals surface area contributed by atoms with E-state index in [4.69, 9.17) is 4.74 Å². The predicted molar refractivity (Wildman–Crippen MR) is 144 cm³/mol. The van der Waals surface area contributed by atoms with Crippen LogP contribution in [0.3, 0.4) is 0 Å². The Morgan fingerprint density at radius 3 is 2.42 bits per heavy atom. The first-order valence-electron chi connectivity index (χ1n) is 12.8. The zero-order valence-electron chi connectivity index (χ0n) is 21.2. The zero-order valence-corrected chi connectivity index (χ0v) is 21.2. The van der Waals surface area contributed by atoms with Crippen molar-refractivity contribution in [3.8, 4) is 5.75 Å². The van der Waals surface area contributed by atoms with Crippen LogP contribution in [0, 0.1) is 0 Å². The smallest absolute Gasteiger partial charge is 0.273 e. The van der Waals surface area contributed by atoms with E-state index in [1.54, 1.807) is 11.1 Å². The topological polar surface area (TPSA) is 61.9 Å². The molecule has 1 aliphatic heterocycles. The van der Waals surface area contributed by atoms with Crippen LogP contribution in [0.4, 0.5) is 5.69 Å². The van der Waals surface area contributed by atoms with E-state index in [-0.39, 0.29) is 11.7 Å². The molecule has 4 rings (SSSR count). The molecule has 36 heavy (non-hydrogen) atoms. The largest absolute Gasteiger partial charge is 0.491 e. The van der Waals surface area contributed by atoms with Crippen molar-refractivity contribution in [1.82, 2.24) is 10.3 Å². The number of hydrazine groups is 1. The molecule has 1 unspecified atom stereocenters. The molecule has 1 atom stereocenters. The van der Waals surface area contributed by atoms with Crippen molar-refractivity contribution in [2.45, 2.75) is 39.2 Å². The third kappa shape index (κ3) is 5.94. The van der Waals surface area contributed by atoms with Gasteiger partial charge in [0, 0.05) is 12.1 Å². The van der Waals surface area contributed by atoms with Crippen LogP contribution in [0.2, 0.25) is 0 Å². The number of rotatable bonds is 10. The van der Waals surface area contributed by atoms with E-state index in [1.165, 1.54) is 0 Å². The second-order valence-corrected chi connectivity index (χ2v) is 8.95. The van der Waals surface area contributed by atoms with Gasteiger partial charge in [-0.1, -0.05) is 74.5 Å². The minimum atomic E-state index is -0.504. The number of amides is 1. The number of Topliss-reactive ketones (excluding diaryl/α,β-unsaturated/α-hetero) is 1. The van der Waals surface area contributed by atoms with Gasteiger partial charge < -0.3 is 9.64 Å². The Morgan fingerprint density at radius 1 is 0.944 bits per heavy atom. The Bertz CT molecular complexity index is 1160. The Kier molecular flexibility index (Phi) is 8.74. The van der Waals surface area contributed by atoms with Gasteiger partial charge in [-0.3, -0.25) is 20.0 Å². The molecule has 6 nitrogen and oxygen atoms in total. The summed E-state index contributed by atoms with van der Waals surface area (Å²) >= 11 is 0. The molecule has 0 aromatic heterocycles. The highest BCUT2D eigenvalue weighted by atomic mass is 16.5. The molecule has 0 spiro atoms. The number of hydrogen-bond donors (Lipinski definition) is 1. The van der Waals surface area contributed by atoms with E-state index in [0.717, 1.165) is 43.7 Å². The van der Waals surface area contributed by atoms with Crippen molar-refractivity contribution in [3.63, 3.8) is 0 Å². The molecule has 0 saturated carbocycles. The average molecular weight is 486 g/mol. The van der Waals surface area contributed by atoms with Gasteiger partial charge in [0.2, 0.25) is 0 Å². The lowest BCUT2D eigenvalue weighted by Gasteiger charge is -2.32. The molecule has 188 valence electrons. The summed E-state index contributed by atoms with van der Waals surface area (Å²) in [5.74, 6) is 0.239. The van der Waals surface area contributed by atoms with Crippen molar-refractivity contribution in [2.75, 3.05) is 31.3 Å². The number of carbonyl (C=O) groups excluding carboxylic acids is 2. The molecular weight excluding hydrogens is 450 g/mol. The number of benzene rings is 3. The molecule has 1 N–H and O–H groups in total. The van der Waals surface area contributed by atoms with Crippen LogP contribution in [0.5, 0.6) is 5.75 Å². The number of fused-ring (bicyclic) bond motifs is 1. The van der Waals surface area contributed by atoms with Gasteiger partial charge in [0.05, 0.1) is 11.3 Å². The summed E-state index contributed by atoms with van der Waals surface area (Å²) in [7, 11) is 0. The number of para-hydroxylation sites is 2. The first-order valence-corrected chi connectivity index (χ1v) is 12.8. The Labute approximate surface area is 213 Å². The Balaban J connectivity index is 1.60. The third-order valence-corrected chi connectivity index (χ3v) is 6.76. The highest BCUT2D eigenvalue weighted by Crippen LogP contribution is 2.30. The Hall–Kier alpha value is -3.64. The summed E-state index contributed by atoms with van der Waals surface area (Å²) in [5, 5.41) is 1.77. The van der Waals surface area contributed by atoms with Crippen LogP contribution in [0.1, 0.15) is 53.0 Å². The van der Waals surface area contributed by atoms with E-state index < -0.39 is 6.04 Å². The molecule has 1 aliphatic rings. The lowest BCUT2D eigenvalue weighted by atomic mass is 9.99. The summed E-state index contributed by atoms with van der Waals surface area (Å²) in [6.45, 7) is 7.43. The summed E-state index contributed by atoms with van der Waals surface area (Å²) in [6.07, 6.45) is 2.36. The third-order valence-electron chi connectivity index (χ3n) is 6.76. The summed E-state index contributed by atoms with van der Waals surface area (Å²) in [4.78, 5) is 29.5. The molecular formula is C30H35N3O3. The van der Waals surface area contributed by atoms with Gasteiger partial charge >= 0.3 is 0 Å². The maximum Gasteiger partial charge on any atom is 0.273 e. The van der Waals surface area contributed by atoms with E-state index in [2.05, 4.69) is 30.2 Å². The van der Waals surface area contributed by atoms with E-state index in [0.29, 0.717) is 29.9 Å². The van der Waals surface area contributed by atoms with Crippen LogP contribution in [0.15, 0.2) is 78.9 Å².